The average molecular weight is 279 g/mol. The maximum atomic E-state index is 12.3. The Bertz CT molecular complexity index is 322. The van der Waals surface area contributed by atoms with E-state index in [1.54, 1.807) is 0 Å². The number of hydrogen-bond donors (Lipinski definition) is 1. The van der Waals surface area contributed by atoms with Crippen molar-refractivity contribution in [1.82, 2.24) is 15.1 Å². The maximum Gasteiger partial charge on any atom is 0.224 e. The number of amides is 1. The van der Waals surface area contributed by atoms with Gasteiger partial charge in [0, 0.05) is 32.1 Å². The van der Waals surface area contributed by atoms with E-state index in [0.717, 1.165) is 26.1 Å². The maximum absolute atomic E-state index is 12.3. The van der Waals surface area contributed by atoms with Crippen LogP contribution in [0.4, 0.5) is 0 Å². The van der Waals surface area contributed by atoms with Gasteiger partial charge < -0.3 is 15.1 Å². The molecule has 1 amide bonds. The molecule has 20 heavy (non-hydrogen) atoms. The molecule has 0 bridgehead atoms. The van der Waals surface area contributed by atoms with Crippen molar-refractivity contribution < 1.29 is 4.79 Å². The molecule has 114 valence electrons. The highest BCUT2D eigenvalue weighted by molar-refractivity contribution is 5.77. The van der Waals surface area contributed by atoms with Gasteiger partial charge in [0.25, 0.3) is 0 Å². The summed E-state index contributed by atoms with van der Waals surface area (Å²) in [5.41, 5.74) is 0. The van der Waals surface area contributed by atoms with Gasteiger partial charge in [0.2, 0.25) is 5.91 Å². The standard InChI is InChI=1S/C16H29N3O/c20-16(11-15-5-4-7-17-15)19-10-6-14(13-19)12-18-8-2-1-3-9-18/h14-15,17H,1-13H2. The Labute approximate surface area is 122 Å². The zero-order valence-electron chi connectivity index (χ0n) is 12.6. The number of nitrogens with zero attached hydrogens (tertiary/aromatic N) is 2. The fourth-order valence-corrected chi connectivity index (χ4v) is 3.99. The molecule has 0 spiro atoms. The van der Waals surface area contributed by atoms with Crippen molar-refractivity contribution in [3.63, 3.8) is 0 Å². The van der Waals surface area contributed by atoms with Crippen molar-refractivity contribution in [2.45, 2.75) is 51.0 Å². The van der Waals surface area contributed by atoms with Crippen LogP contribution in [0.5, 0.6) is 0 Å². The first-order valence-electron chi connectivity index (χ1n) is 8.55. The van der Waals surface area contributed by atoms with E-state index in [1.165, 1.54) is 58.2 Å². The number of hydrogen-bond acceptors (Lipinski definition) is 3. The molecule has 2 unspecified atom stereocenters. The van der Waals surface area contributed by atoms with Gasteiger partial charge in [-0.3, -0.25) is 4.79 Å². The van der Waals surface area contributed by atoms with Crippen LogP contribution >= 0.6 is 0 Å². The first kappa shape index (κ1) is 14.3. The molecule has 0 aliphatic carbocycles. The minimum atomic E-state index is 0.380. The molecule has 3 saturated heterocycles. The summed E-state index contributed by atoms with van der Waals surface area (Å²) in [6.45, 7) is 6.85. The SMILES string of the molecule is O=C(CC1CCCN1)N1CCC(CN2CCCCC2)C1. The van der Waals surface area contributed by atoms with Gasteiger partial charge in [-0.25, -0.2) is 0 Å². The van der Waals surface area contributed by atoms with Crippen LogP contribution in [-0.2, 0) is 4.79 Å². The van der Waals surface area contributed by atoms with E-state index in [4.69, 9.17) is 0 Å². The Hall–Kier alpha value is -0.610. The molecule has 3 aliphatic rings. The van der Waals surface area contributed by atoms with Gasteiger partial charge in [-0.15, -0.1) is 0 Å². The summed E-state index contributed by atoms with van der Waals surface area (Å²) in [5.74, 6) is 1.10. The monoisotopic (exact) mass is 279 g/mol. The summed E-state index contributed by atoms with van der Waals surface area (Å²) in [5, 5.41) is 3.43. The lowest BCUT2D eigenvalue weighted by atomic mass is 10.1. The highest BCUT2D eigenvalue weighted by Crippen LogP contribution is 2.21. The van der Waals surface area contributed by atoms with Gasteiger partial charge in [-0.2, -0.15) is 0 Å². The molecule has 3 rings (SSSR count). The molecule has 3 aliphatic heterocycles. The third-order valence-electron chi connectivity index (χ3n) is 5.19. The lowest BCUT2D eigenvalue weighted by Crippen LogP contribution is -2.37. The predicted octanol–water partition coefficient (Wildman–Crippen LogP) is 1.46. The van der Waals surface area contributed by atoms with Gasteiger partial charge in [0.15, 0.2) is 0 Å². The molecule has 0 radical (unpaired) electrons. The third-order valence-corrected chi connectivity index (χ3v) is 5.19. The second-order valence-corrected chi connectivity index (χ2v) is 6.85. The van der Waals surface area contributed by atoms with Crippen LogP contribution in [0.15, 0.2) is 0 Å². The van der Waals surface area contributed by atoms with Crippen LogP contribution in [0.25, 0.3) is 0 Å². The lowest BCUT2D eigenvalue weighted by molar-refractivity contribution is -0.130. The molecule has 1 N–H and O–H groups in total. The minimum absolute atomic E-state index is 0.380. The van der Waals surface area contributed by atoms with Gasteiger partial charge in [-0.1, -0.05) is 6.42 Å². The Morgan fingerprint density at radius 3 is 2.65 bits per heavy atom. The molecule has 2 atom stereocenters. The second-order valence-electron chi connectivity index (χ2n) is 6.85. The number of piperidine rings is 1. The molecular formula is C16H29N3O. The molecule has 3 heterocycles. The summed E-state index contributed by atoms with van der Waals surface area (Å²) < 4.78 is 0. The minimum Gasteiger partial charge on any atom is -0.342 e. The highest BCUT2D eigenvalue weighted by atomic mass is 16.2. The predicted molar refractivity (Wildman–Crippen MR) is 80.6 cm³/mol. The molecule has 4 nitrogen and oxygen atoms in total. The summed E-state index contributed by atoms with van der Waals surface area (Å²) in [6.07, 6.45) is 8.47. The van der Waals surface area contributed by atoms with Crippen molar-refractivity contribution in [3.8, 4) is 0 Å². The molecule has 0 aromatic carbocycles. The smallest absolute Gasteiger partial charge is 0.224 e. The summed E-state index contributed by atoms with van der Waals surface area (Å²) in [7, 11) is 0. The van der Waals surface area contributed by atoms with E-state index in [-0.39, 0.29) is 0 Å². The number of rotatable bonds is 4. The van der Waals surface area contributed by atoms with Crippen molar-refractivity contribution in [3.05, 3.63) is 0 Å². The van der Waals surface area contributed by atoms with Gasteiger partial charge >= 0.3 is 0 Å². The van der Waals surface area contributed by atoms with E-state index in [9.17, 15) is 4.79 Å². The highest BCUT2D eigenvalue weighted by Gasteiger charge is 2.29. The van der Waals surface area contributed by atoms with Crippen LogP contribution < -0.4 is 5.32 Å². The van der Waals surface area contributed by atoms with E-state index in [1.807, 2.05) is 0 Å². The van der Waals surface area contributed by atoms with Crippen LogP contribution in [-0.4, -0.2) is 61.0 Å². The topological polar surface area (TPSA) is 35.6 Å². The summed E-state index contributed by atoms with van der Waals surface area (Å²) in [4.78, 5) is 17.0. The van der Waals surface area contributed by atoms with Crippen LogP contribution in [0, 0.1) is 5.92 Å². The van der Waals surface area contributed by atoms with Crippen molar-refractivity contribution in [2.24, 2.45) is 5.92 Å². The van der Waals surface area contributed by atoms with Crippen LogP contribution in [0.2, 0.25) is 0 Å². The Balaban J connectivity index is 1.40. The van der Waals surface area contributed by atoms with Gasteiger partial charge in [0.1, 0.15) is 0 Å². The molecule has 0 saturated carbocycles. The van der Waals surface area contributed by atoms with Gasteiger partial charge in [0.05, 0.1) is 0 Å². The van der Waals surface area contributed by atoms with Crippen molar-refractivity contribution >= 4 is 5.91 Å². The number of nitrogens with one attached hydrogen (secondary N) is 1. The van der Waals surface area contributed by atoms with E-state index < -0.39 is 0 Å². The largest absolute Gasteiger partial charge is 0.342 e. The summed E-state index contributed by atoms with van der Waals surface area (Å²) in [6, 6.07) is 0.448. The fourth-order valence-electron chi connectivity index (χ4n) is 3.99. The fraction of sp³-hybridized carbons (Fsp3) is 0.938. The first-order valence-corrected chi connectivity index (χ1v) is 8.55. The van der Waals surface area contributed by atoms with E-state index in [0.29, 0.717) is 17.9 Å². The van der Waals surface area contributed by atoms with Crippen molar-refractivity contribution in [1.29, 1.82) is 0 Å². The Morgan fingerprint density at radius 1 is 1.05 bits per heavy atom. The zero-order valence-corrected chi connectivity index (χ0v) is 12.6. The molecule has 4 heteroatoms. The third kappa shape index (κ3) is 3.73. The average Bonchev–Trinajstić information content (AvgIpc) is 3.11. The lowest BCUT2D eigenvalue weighted by Gasteiger charge is -2.29. The van der Waals surface area contributed by atoms with E-state index in [2.05, 4.69) is 15.1 Å². The molecule has 0 aromatic heterocycles. The van der Waals surface area contributed by atoms with Crippen LogP contribution in [0.1, 0.15) is 44.9 Å². The quantitative estimate of drug-likeness (QED) is 0.846. The van der Waals surface area contributed by atoms with Gasteiger partial charge in [-0.05, 0) is 57.7 Å². The van der Waals surface area contributed by atoms with E-state index >= 15 is 0 Å². The Kier molecular flexibility index (Phi) is 4.94. The van der Waals surface area contributed by atoms with Crippen molar-refractivity contribution in [2.75, 3.05) is 39.3 Å². The number of likely N-dealkylation sites (tertiary alicyclic amines) is 2. The second kappa shape index (κ2) is 6.90. The summed E-state index contributed by atoms with van der Waals surface area (Å²) >= 11 is 0. The number of carbonyl (C=O) groups excluding carboxylic acids is 1. The molecule has 0 aromatic rings. The Morgan fingerprint density at radius 2 is 1.90 bits per heavy atom. The zero-order chi connectivity index (χ0) is 13.8. The normalized spacial score (nSPS) is 31.9. The molecule has 3 fully saturated rings. The first-order chi connectivity index (χ1) is 9.81. The number of carbonyl (C=O) groups is 1. The molecular weight excluding hydrogens is 250 g/mol. The van der Waals surface area contributed by atoms with Crippen LogP contribution in [0.3, 0.4) is 0 Å².